The van der Waals surface area contributed by atoms with Crippen LogP contribution in [-0.4, -0.2) is 36.1 Å². The minimum absolute atomic E-state index is 0.308. The van der Waals surface area contributed by atoms with E-state index in [1.54, 1.807) is 5.01 Å². The third kappa shape index (κ3) is 3.04. The molecule has 2 aromatic carbocycles. The van der Waals surface area contributed by atoms with Crippen molar-refractivity contribution in [2.45, 2.75) is 22.3 Å². The van der Waals surface area contributed by atoms with Crippen LogP contribution in [0.25, 0.3) is 0 Å². The summed E-state index contributed by atoms with van der Waals surface area (Å²) in [6, 6.07) is 15.1. The first-order valence-electron chi connectivity index (χ1n) is 8.12. The average Bonchev–Trinajstić information content (AvgIpc) is 2.78. The van der Waals surface area contributed by atoms with E-state index in [0.29, 0.717) is 19.1 Å². The van der Waals surface area contributed by atoms with Crippen LogP contribution in [0.15, 0.2) is 57.5 Å². The fourth-order valence-electron chi connectivity index (χ4n) is 3.52. The zero-order chi connectivity index (χ0) is 16.5. The lowest BCUT2D eigenvalue weighted by Crippen LogP contribution is -2.45. The standard InChI is InChI=1S/C18H18ClN3OS/c19-14-5-6-17-13(11-14)12-16(15-3-1-2-4-18(15)24-17)21-7-9-22(20-23)10-8-21/h1-6,11,16H,7-10,12H2. The van der Waals surface area contributed by atoms with Crippen LogP contribution in [-0.2, 0) is 6.42 Å². The maximum absolute atomic E-state index is 10.7. The highest BCUT2D eigenvalue weighted by atomic mass is 35.5. The van der Waals surface area contributed by atoms with Crippen molar-refractivity contribution in [1.29, 1.82) is 0 Å². The summed E-state index contributed by atoms with van der Waals surface area (Å²) in [5.41, 5.74) is 2.66. The molecule has 1 unspecified atom stereocenters. The second kappa shape index (κ2) is 6.75. The van der Waals surface area contributed by atoms with Gasteiger partial charge in [-0.3, -0.25) is 9.91 Å². The smallest absolute Gasteiger partial charge is 0.0524 e. The third-order valence-electron chi connectivity index (χ3n) is 4.78. The van der Waals surface area contributed by atoms with Crippen LogP contribution in [0.2, 0.25) is 5.02 Å². The van der Waals surface area contributed by atoms with Gasteiger partial charge in [-0.15, -0.1) is 4.91 Å². The number of hydrogen-bond acceptors (Lipinski definition) is 4. The fraction of sp³-hybridized carbons (Fsp3) is 0.333. The Morgan fingerprint density at radius 1 is 1.04 bits per heavy atom. The number of piperazine rings is 1. The lowest BCUT2D eigenvalue weighted by Gasteiger charge is -2.37. The van der Waals surface area contributed by atoms with Crippen LogP contribution >= 0.6 is 23.4 Å². The first-order valence-corrected chi connectivity index (χ1v) is 9.31. The Bertz CT molecular complexity index is 762. The highest BCUT2D eigenvalue weighted by Gasteiger charge is 2.29. The van der Waals surface area contributed by atoms with Crippen molar-refractivity contribution >= 4 is 23.4 Å². The van der Waals surface area contributed by atoms with Crippen molar-refractivity contribution in [2.24, 2.45) is 5.29 Å². The topological polar surface area (TPSA) is 35.9 Å². The number of halogens is 1. The van der Waals surface area contributed by atoms with Gasteiger partial charge in [-0.2, -0.15) is 0 Å². The van der Waals surface area contributed by atoms with Crippen LogP contribution in [0.4, 0.5) is 0 Å². The first kappa shape index (κ1) is 15.9. The van der Waals surface area contributed by atoms with E-state index in [1.807, 2.05) is 17.8 Å². The molecule has 6 heteroatoms. The van der Waals surface area contributed by atoms with Crippen molar-refractivity contribution in [2.75, 3.05) is 26.2 Å². The van der Waals surface area contributed by atoms with Crippen molar-refractivity contribution in [1.82, 2.24) is 9.91 Å². The number of benzene rings is 2. The van der Waals surface area contributed by atoms with Gasteiger partial charge >= 0.3 is 0 Å². The van der Waals surface area contributed by atoms with Crippen molar-refractivity contribution in [3.63, 3.8) is 0 Å². The molecule has 0 saturated carbocycles. The zero-order valence-electron chi connectivity index (χ0n) is 13.2. The number of hydrogen-bond donors (Lipinski definition) is 0. The van der Waals surface area contributed by atoms with Crippen molar-refractivity contribution in [3.05, 3.63) is 63.5 Å². The molecule has 2 heterocycles. The minimum atomic E-state index is 0.308. The van der Waals surface area contributed by atoms with E-state index in [2.05, 4.69) is 46.6 Å². The molecule has 124 valence electrons. The van der Waals surface area contributed by atoms with Gasteiger partial charge in [0.1, 0.15) is 0 Å². The maximum Gasteiger partial charge on any atom is 0.0524 e. The summed E-state index contributed by atoms with van der Waals surface area (Å²) >= 11 is 8.06. The minimum Gasteiger partial charge on any atom is -0.292 e. The first-order chi connectivity index (χ1) is 11.7. The molecule has 0 spiro atoms. The maximum atomic E-state index is 10.7. The Balaban J connectivity index is 1.71. The molecule has 0 radical (unpaired) electrons. The highest BCUT2D eigenvalue weighted by Crippen LogP contribution is 2.43. The highest BCUT2D eigenvalue weighted by molar-refractivity contribution is 7.99. The van der Waals surface area contributed by atoms with Gasteiger partial charge in [0.15, 0.2) is 0 Å². The molecule has 4 nitrogen and oxygen atoms in total. The van der Waals surface area contributed by atoms with Gasteiger partial charge in [0.2, 0.25) is 0 Å². The Labute approximate surface area is 150 Å². The molecule has 1 fully saturated rings. The molecule has 2 aromatic rings. The van der Waals surface area contributed by atoms with E-state index in [-0.39, 0.29) is 0 Å². The molecule has 0 amide bonds. The molecule has 0 bridgehead atoms. The summed E-state index contributed by atoms with van der Waals surface area (Å²) in [4.78, 5) is 15.8. The number of rotatable bonds is 2. The predicted molar refractivity (Wildman–Crippen MR) is 97.4 cm³/mol. The van der Waals surface area contributed by atoms with Crippen LogP contribution in [0.1, 0.15) is 17.2 Å². The van der Waals surface area contributed by atoms with E-state index in [9.17, 15) is 4.91 Å². The van der Waals surface area contributed by atoms with Gasteiger partial charge in [0, 0.05) is 33.9 Å². The number of fused-ring (bicyclic) bond motifs is 2. The van der Waals surface area contributed by atoms with E-state index >= 15 is 0 Å². The van der Waals surface area contributed by atoms with Crippen molar-refractivity contribution < 1.29 is 0 Å². The molecule has 24 heavy (non-hydrogen) atoms. The van der Waals surface area contributed by atoms with Crippen LogP contribution in [0, 0.1) is 4.91 Å². The van der Waals surface area contributed by atoms with Gasteiger partial charge in [-0.1, -0.05) is 41.6 Å². The van der Waals surface area contributed by atoms with E-state index in [4.69, 9.17) is 11.6 Å². The molecule has 0 aliphatic carbocycles. The Morgan fingerprint density at radius 3 is 2.62 bits per heavy atom. The average molecular weight is 360 g/mol. The Hall–Kier alpha value is -1.56. The van der Waals surface area contributed by atoms with E-state index < -0.39 is 0 Å². The quantitative estimate of drug-likeness (QED) is 0.745. The molecule has 1 saturated heterocycles. The van der Waals surface area contributed by atoms with Gasteiger partial charge in [-0.05, 0) is 41.8 Å². The normalized spacial score (nSPS) is 20.9. The molecule has 0 N–H and O–H groups in total. The second-order valence-electron chi connectivity index (χ2n) is 6.18. The molecule has 0 aromatic heterocycles. The number of nitrogens with zero attached hydrogens (tertiary/aromatic N) is 3. The third-order valence-corrected chi connectivity index (χ3v) is 6.23. The second-order valence-corrected chi connectivity index (χ2v) is 7.70. The van der Waals surface area contributed by atoms with E-state index in [1.165, 1.54) is 20.9 Å². The molecular weight excluding hydrogens is 342 g/mol. The summed E-state index contributed by atoms with van der Waals surface area (Å²) in [7, 11) is 0. The van der Waals surface area contributed by atoms with Gasteiger partial charge in [0.05, 0.1) is 18.4 Å². The van der Waals surface area contributed by atoms with Gasteiger partial charge in [0.25, 0.3) is 0 Å². The predicted octanol–water partition coefficient (Wildman–Crippen LogP) is 4.39. The van der Waals surface area contributed by atoms with Gasteiger partial charge < -0.3 is 0 Å². The summed E-state index contributed by atoms with van der Waals surface area (Å²) in [6.07, 6.45) is 0.939. The number of nitroso groups, excluding NO2 is 1. The van der Waals surface area contributed by atoms with E-state index in [0.717, 1.165) is 24.5 Å². The van der Waals surface area contributed by atoms with Crippen LogP contribution in [0.3, 0.4) is 0 Å². The molecule has 2 aliphatic heterocycles. The molecule has 1 atom stereocenters. The van der Waals surface area contributed by atoms with Crippen LogP contribution in [0.5, 0.6) is 0 Å². The summed E-state index contributed by atoms with van der Waals surface area (Å²) in [5.74, 6) is 0. The largest absolute Gasteiger partial charge is 0.292 e. The molecule has 2 aliphatic rings. The monoisotopic (exact) mass is 359 g/mol. The zero-order valence-corrected chi connectivity index (χ0v) is 14.8. The SMILES string of the molecule is O=NN1CCN(C2Cc3cc(Cl)ccc3Sc3ccccc32)CC1. The lowest BCUT2D eigenvalue weighted by molar-refractivity contribution is 0.0954. The lowest BCUT2D eigenvalue weighted by atomic mass is 9.97. The fourth-order valence-corrected chi connectivity index (χ4v) is 4.83. The Morgan fingerprint density at radius 2 is 1.83 bits per heavy atom. The van der Waals surface area contributed by atoms with Crippen molar-refractivity contribution in [3.8, 4) is 0 Å². The summed E-state index contributed by atoms with van der Waals surface area (Å²) < 4.78 is 0. The van der Waals surface area contributed by atoms with Crippen LogP contribution < -0.4 is 0 Å². The summed E-state index contributed by atoms with van der Waals surface area (Å²) in [6.45, 7) is 3.09. The molecule has 4 rings (SSSR count). The van der Waals surface area contributed by atoms with Gasteiger partial charge in [-0.25, -0.2) is 0 Å². The summed E-state index contributed by atoms with van der Waals surface area (Å²) in [5, 5.41) is 5.47. The molecular formula is C18H18ClN3OS. The Kier molecular flexibility index (Phi) is 4.48.